The Bertz CT molecular complexity index is 1440. The maximum absolute atomic E-state index is 13.8. The minimum atomic E-state index is -1.63. The molecular weight excluding hydrogens is 455 g/mol. The van der Waals surface area contributed by atoms with Gasteiger partial charge in [0.05, 0.1) is 20.2 Å². The summed E-state index contributed by atoms with van der Waals surface area (Å²) in [7, 11) is 1.50. The molecule has 2 aromatic heterocycles. The van der Waals surface area contributed by atoms with E-state index in [1.54, 1.807) is 37.3 Å². The lowest BCUT2D eigenvalue weighted by Gasteiger charge is -2.16. The van der Waals surface area contributed by atoms with Crippen molar-refractivity contribution in [1.82, 2.24) is 19.3 Å². The average Bonchev–Trinajstić information content (AvgIpc) is 3.22. The lowest BCUT2D eigenvalue weighted by atomic mass is 10.2. The van der Waals surface area contributed by atoms with Crippen LogP contribution in [-0.2, 0) is 13.1 Å². The third-order valence-electron chi connectivity index (χ3n) is 4.88. The zero-order valence-corrected chi connectivity index (χ0v) is 18.0. The molecule has 0 saturated heterocycles. The van der Waals surface area contributed by atoms with Gasteiger partial charge in [-0.3, -0.25) is 4.57 Å². The number of aryl methyl sites for hydroxylation is 1. The molecule has 0 unspecified atom stereocenters. The summed E-state index contributed by atoms with van der Waals surface area (Å²) < 4.78 is 52.8. The number of methoxy groups -OCH3 is 1. The molecule has 176 valence electrons. The molecule has 34 heavy (non-hydrogen) atoms. The van der Waals surface area contributed by atoms with Crippen LogP contribution in [0.5, 0.6) is 5.75 Å². The average molecular weight is 473 g/mol. The number of benzene rings is 2. The first-order chi connectivity index (χ1) is 16.2. The fraction of sp³-hybridized carbons (Fsp3) is 0.182. The van der Waals surface area contributed by atoms with E-state index in [9.17, 15) is 22.8 Å². The summed E-state index contributed by atoms with van der Waals surface area (Å²) in [6.07, 6.45) is 0. The molecule has 0 bridgehead atoms. The van der Waals surface area contributed by atoms with Gasteiger partial charge < -0.3 is 14.6 Å². The molecule has 1 N–H and O–H groups in total. The Kier molecular flexibility index (Phi) is 6.21. The molecule has 0 radical (unpaired) electrons. The number of halogens is 3. The van der Waals surface area contributed by atoms with Gasteiger partial charge >= 0.3 is 11.4 Å². The van der Waals surface area contributed by atoms with Crippen LogP contribution in [-0.4, -0.2) is 26.4 Å². The fourth-order valence-corrected chi connectivity index (χ4v) is 3.24. The minimum absolute atomic E-state index is 0.0550. The fourth-order valence-electron chi connectivity index (χ4n) is 3.24. The summed E-state index contributed by atoms with van der Waals surface area (Å²) in [5.41, 5.74) is -1.00. The molecule has 4 aromatic rings. The lowest BCUT2D eigenvalue weighted by Crippen LogP contribution is -2.43. The number of rotatable bonds is 7. The number of nitrogens with one attached hydrogen (secondary N) is 1. The monoisotopic (exact) mass is 473 g/mol. The lowest BCUT2D eigenvalue weighted by molar-refractivity contribution is 0.387. The van der Waals surface area contributed by atoms with E-state index in [0.717, 1.165) is 21.3 Å². The molecule has 4 rings (SSSR count). The van der Waals surface area contributed by atoms with Gasteiger partial charge in [0, 0.05) is 11.8 Å². The van der Waals surface area contributed by atoms with Crippen molar-refractivity contribution in [2.75, 3.05) is 12.4 Å². The van der Waals surface area contributed by atoms with Crippen LogP contribution in [0.3, 0.4) is 0 Å². The number of aromatic nitrogens is 4. The highest BCUT2D eigenvalue weighted by Crippen LogP contribution is 2.19. The number of nitrogens with zero attached hydrogens (tertiary/aromatic N) is 4. The molecule has 2 heterocycles. The quantitative estimate of drug-likeness (QED) is 0.412. The van der Waals surface area contributed by atoms with E-state index in [1.807, 2.05) is 0 Å². The Morgan fingerprint density at radius 1 is 1.00 bits per heavy atom. The van der Waals surface area contributed by atoms with Gasteiger partial charge in [0.2, 0.25) is 5.95 Å². The van der Waals surface area contributed by atoms with Gasteiger partial charge in [0.25, 0.3) is 0 Å². The predicted octanol–water partition coefficient (Wildman–Crippen LogP) is 2.97. The van der Waals surface area contributed by atoms with E-state index < -0.39 is 35.4 Å². The number of ether oxygens (including phenoxy) is 1. The predicted molar refractivity (Wildman–Crippen MR) is 115 cm³/mol. The molecule has 0 saturated carbocycles. The second-order valence-corrected chi connectivity index (χ2v) is 7.33. The summed E-state index contributed by atoms with van der Waals surface area (Å²) in [6.45, 7) is 1.00. The highest BCUT2D eigenvalue weighted by Gasteiger charge is 2.18. The standard InChI is InChI=1S/C22H18F3N5O4/c1-12-7-15(28-34-12)11-30-21(31)27-20(26-14-3-5-16(33-2)6-4-14)29(22(30)32)10-13-8-17(23)19(25)18(24)9-13/h3-9H,10-11H2,1-2H3,(H,26,27,31). The van der Waals surface area contributed by atoms with Crippen molar-refractivity contribution in [3.8, 4) is 5.75 Å². The van der Waals surface area contributed by atoms with E-state index >= 15 is 0 Å². The van der Waals surface area contributed by atoms with Crippen molar-refractivity contribution in [3.05, 3.63) is 97.9 Å². The summed E-state index contributed by atoms with van der Waals surface area (Å²) in [5, 5.41) is 6.62. The van der Waals surface area contributed by atoms with Crippen LogP contribution >= 0.6 is 0 Å². The second-order valence-electron chi connectivity index (χ2n) is 7.33. The second kappa shape index (κ2) is 9.25. The first-order valence-electron chi connectivity index (χ1n) is 9.93. The largest absolute Gasteiger partial charge is 0.497 e. The molecule has 0 fully saturated rings. The van der Waals surface area contributed by atoms with Gasteiger partial charge in [-0.05, 0) is 48.9 Å². The van der Waals surface area contributed by atoms with Gasteiger partial charge in [0.1, 0.15) is 17.2 Å². The molecule has 0 aliphatic carbocycles. The summed E-state index contributed by atoms with van der Waals surface area (Å²) in [5.74, 6) is -3.58. The zero-order valence-electron chi connectivity index (χ0n) is 18.0. The van der Waals surface area contributed by atoms with Crippen molar-refractivity contribution < 1.29 is 22.4 Å². The van der Waals surface area contributed by atoms with Gasteiger partial charge in [-0.2, -0.15) is 4.98 Å². The molecule has 12 heteroatoms. The Morgan fingerprint density at radius 3 is 2.26 bits per heavy atom. The third kappa shape index (κ3) is 4.70. The first-order valence-corrected chi connectivity index (χ1v) is 9.93. The molecule has 0 aliphatic heterocycles. The minimum Gasteiger partial charge on any atom is -0.497 e. The van der Waals surface area contributed by atoms with E-state index in [4.69, 9.17) is 9.26 Å². The maximum atomic E-state index is 13.8. The molecule has 9 nitrogen and oxygen atoms in total. The van der Waals surface area contributed by atoms with E-state index in [-0.39, 0.29) is 18.1 Å². The van der Waals surface area contributed by atoms with E-state index in [0.29, 0.717) is 22.9 Å². The highest BCUT2D eigenvalue weighted by atomic mass is 19.2. The summed E-state index contributed by atoms with van der Waals surface area (Å²) in [6, 6.07) is 9.60. The molecule has 0 amide bonds. The Balaban J connectivity index is 1.80. The van der Waals surface area contributed by atoms with E-state index in [2.05, 4.69) is 15.5 Å². The van der Waals surface area contributed by atoms with Crippen molar-refractivity contribution in [2.45, 2.75) is 20.0 Å². The highest BCUT2D eigenvalue weighted by molar-refractivity contribution is 5.54. The topological polar surface area (TPSA) is 104 Å². The number of anilines is 2. The van der Waals surface area contributed by atoms with Crippen molar-refractivity contribution in [1.29, 1.82) is 0 Å². The molecule has 2 aromatic carbocycles. The molecular formula is C22H18F3N5O4. The third-order valence-corrected chi connectivity index (χ3v) is 4.88. The van der Waals surface area contributed by atoms with Crippen LogP contribution in [0.1, 0.15) is 17.0 Å². The number of hydrogen-bond acceptors (Lipinski definition) is 7. The first kappa shape index (κ1) is 22.8. The van der Waals surface area contributed by atoms with Gasteiger partial charge in [-0.25, -0.2) is 27.3 Å². The van der Waals surface area contributed by atoms with Crippen LogP contribution < -0.4 is 21.4 Å². The van der Waals surface area contributed by atoms with Crippen molar-refractivity contribution in [3.63, 3.8) is 0 Å². The Morgan fingerprint density at radius 2 is 1.68 bits per heavy atom. The maximum Gasteiger partial charge on any atom is 0.355 e. The van der Waals surface area contributed by atoms with E-state index in [1.165, 1.54) is 7.11 Å². The smallest absolute Gasteiger partial charge is 0.355 e. The zero-order chi connectivity index (χ0) is 24.4. The van der Waals surface area contributed by atoms with Gasteiger partial charge in [-0.1, -0.05) is 5.16 Å². The summed E-state index contributed by atoms with van der Waals surface area (Å²) in [4.78, 5) is 29.9. The van der Waals surface area contributed by atoms with Crippen LogP contribution in [0, 0.1) is 24.4 Å². The molecule has 0 atom stereocenters. The Labute approximate surface area is 190 Å². The van der Waals surface area contributed by atoms with Crippen LogP contribution in [0.15, 0.2) is 56.6 Å². The normalized spacial score (nSPS) is 11.0. The Hall–Kier alpha value is -4.35. The van der Waals surface area contributed by atoms with Crippen molar-refractivity contribution >= 4 is 11.6 Å². The SMILES string of the molecule is COc1ccc(Nc2nc(=O)n(Cc3cc(C)on3)c(=O)n2Cc2cc(F)c(F)c(F)c2)cc1. The number of hydrogen-bond donors (Lipinski definition) is 1. The molecule has 0 spiro atoms. The van der Waals surface area contributed by atoms with Crippen molar-refractivity contribution in [2.24, 2.45) is 0 Å². The van der Waals surface area contributed by atoms with Gasteiger partial charge in [-0.15, -0.1) is 0 Å². The van der Waals surface area contributed by atoms with Crippen LogP contribution in [0.25, 0.3) is 0 Å². The molecule has 0 aliphatic rings. The summed E-state index contributed by atoms with van der Waals surface area (Å²) >= 11 is 0. The van der Waals surface area contributed by atoms with Crippen LogP contribution in [0.4, 0.5) is 24.8 Å². The van der Waals surface area contributed by atoms with Crippen LogP contribution in [0.2, 0.25) is 0 Å². The van der Waals surface area contributed by atoms with Gasteiger partial charge in [0.15, 0.2) is 17.5 Å².